The molecule has 0 radical (unpaired) electrons. The predicted molar refractivity (Wildman–Crippen MR) is 118 cm³/mol. The van der Waals surface area contributed by atoms with Crippen LogP contribution in [0.25, 0.3) is 0 Å². The molecule has 0 saturated carbocycles. The summed E-state index contributed by atoms with van der Waals surface area (Å²) in [6.07, 6.45) is 2.00. The van der Waals surface area contributed by atoms with Crippen molar-refractivity contribution in [2.24, 2.45) is 5.73 Å². The van der Waals surface area contributed by atoms with Gasteiger partial charge in [-0.3, -0.25) is 9.59 Å². The van der Waals surface area contributed by atoms with Crippen molar-refractivity contribution in [3.8, 4) is 11.5 Å². The second-order valence-corrected chi connectivity index (χ2v) is 6.67. The molecule has 1 aliphatic rings. The molecule has 3 N–H and O–H groups in total. The topological polar surface area (TPSA) is 93.9 Å². The first-order valence-electron chi connectivity index (χ1n) is 9.70. The van der Waals surface area contributed by atoms with Gasteiger partial charge in [0.15, 0.2) is 11.5 Å². The number of hydrogen-bond acceptors (Lipinski definition) is 5. The lowest BCUT2D eigenvalue weighted by atomic mass is 10.0. The maximum atomic E-state index is 13.2. The third-order valence-corrected chi connectivity index (χ3v) is 4.86. The van der Waals surface area contributed by atoms with Gasteiger partial charge >= 0.3 is 0 Å². The van der Waals surface area contributed by atoms with E-state index < -0.39 is 11.9 Å². The molecule has 3 rings (SSSR count). The van der Waals surface area contributed by atoms with E-state index in [4.69, 9.17) is 15.2 Å². The lowest BCUT2D eigenvalue weighted by Gasteiger charge is -2.26. The molecule has 1 aliphatic heterocycles. The van der Waals surface area contributed by atoms with Crippen LogP contribution in [0.15, 0.2) is 55.6 Å². The first kappa shape index (κ1) is 22.8. The summed E-state index contributed by atoms with van der Waals surface area (Å²) in [6, 6.07) is 11.6. The second kappa shape index (κ2) is 10.9. The van der Waals surface area contributed by atoms with Crippen LogP contribution in [0, 0.1) is 0 Å². The van der Waals surface area contributed by atoms with Crippen molar-refractivity contribution in [2.75, 3.05) is 32.6 Å². The van der Waals surface area contributed by atoms with E-state index in [0.29, 0.717) is 22.7 Å². The standard InChI is InChI=1S/C21H25N3O4.C2H4/c1-27-17-9-8-14(13-18(17)28-2)19(21(26)24-10-3-4-11-24)23-16-7-5-6-15(12-16)20(22)25;1-2/h5-9,12-13,19,23H,3-4,10-11H2,1-2H3,(H2,22,25);1-2H2/t19-;/m0./s1. The van der Waals surface area contributed by atoms with Crippen LogP contribution >= 0.6 is 0 Å². The molecule has 1 saturated heterocycles. The highest BCUT2D eigenvalue weighted by Gasteiger charge is 2.28. The minimum atomic E-state index is -0.624. The second-order valence-electron chi connectivity index (χ2n) is 6.67. The average molecular weight is 412 g/mol. The van der Waals surface area contributed by atoms with Gasteiger partial charge in [0.1, 0.15) is 6.04 Å². The Morgan fingerprint density at radius 1 is 1.03 bits per heavy atom. The molecule has 7 nitrogen and oxygen atoms in total. The van der Waals surface area contributed by atoms with Crippen LogP contribution in [0.1, 0.15) is 34.8 Å². The van der Waals surface area contributed by atoms with Crippen LogP contribution in [0.2, 0.25) is 0 Å². The maximum Gasteiger partial charge on any atom is 0.249 e. The number of primary amides is 1. The van der Waals surface area contributed by atoms with Gasteiger partial charge in [0.05, 0.1) is 14.2 Å². The number of nitrogens with one attached hydrogen (secondary N) is 1. The molecule has 160 valence electrons. The van der Waals surface area contributed by atoms with Gasteiger partial charge in [-0.25, -0.2) is 0 Å². The molecule has 2 aromatic carbocycles. The number of anilines is 1. The molecule has 1 fully saturated rings. The zero-order valence-electron chi connectivity index (χ0n) is 17.5. The van der Waals surface area contributed by atoms with E-state index >= 15 is 0 Å². The van der Waals surface area contributed by atoms with Crippen molar-refractivity contribution in [1.29, 1.82) is 0 Å². The summed E-state index contributed by atoms with van der Waals surface area (Å²) < 4.78 is 10.7. The minimum absolute atomic E-state index is 0.0193. The fraction of sp³-hybridized carbons (Fsp3) is 0.304. The van der Waals surface area contributed by atoms with Crippen molar-refractivity contribution < 1.29 is 19.1 Å². The monoisotopic (exact) mass is 411 g/mol. The van der Waals surface area contributed by atoms with E-state index in [1.807, 2.05) is 11.0 Å². The zero-order valence-corrected chi connectivity index (χ0v) is 17.5. The average Bonchev–Trinajstić information content (AvgIpc) is 3.33. The Kier molecular flexibility index (Phi) is 8.29. The number of nitrogens with two attached hydrogens (primary N) is 1. The summed E-state index contributed by atoms with van der Waals surface area (Å²) in [6.45, 7) is 7.48. The van der Waals surface area contributed by atoms with Crippen LogP contribution < -0.4 is 20.5 Å². The van der Waals surface area contributed by atoms with Gasteiger partial charge in [0, 0.05) is 24.3 Å². The fourth-order valence-electron chi connectivity index (χ4n) is 3.37. The zero-order chi connectivity index (χ0) is 22.1. The van der Waals surface area contributed by atoms with E-state index in [2.05, 4.69) is 18.5 Å². The van der Waals surface area contributed by atoms with Gasteiger partial charge in [-0.05, 0) is 48.7 Å². The van der Waals surface area contributed by atoms with E-state index in [9.17, 15) is 9.59 Å². The van der Waals surface area contributed by atoms with Gasteiger partial charge in [-0.1, -0.05) is 12.1 Å². The van der Waals surface area contributed by atoms with E-state index in [-0.39, 0.29) is 5.91 Å². The molecule has 1 atom stereocenters. The van der Waals surface area contributed by atoms with Crippen LogP contribution in [-0.4, -0.2) is 44.0 Å². The lowest BCUT2D eigenvalue weighted by Crippen LogP contribution is -2.36. The Morgan fingerprint density at radius 3 is 2.30 bits per heavy atom. The molecule has 0 aliphatic carbocycles. The molecule has 7 heteroatoms. The summed E-state index contributed by atoms with van der Waals surface area (Å²) in [5, 5.41) is 3.26. The Morgan fingerprint density at radius 2 is 1.70 bits per heavy atom. The molecular formula is C23H29N3O4. The highest BCUT2D eigenvalue weighted by atomic mass is 16.5. The summed E-state index contributed by atoms with van der Waals surface area (Å²) in [5.74, 6) is 0.604. The van der Waals surface area contributed by atoms with E-state index in [0.717, 1.165) is 31.5 Å². The number of hydrogen-bond donors (Lipinski definition) is 2. The van der Waals surface area contributed by atoms with Gasteiger partial charge in [-0.2, -0.15) is 0 Å². The number of methoxy groups -OCH3 is 2. The Labute approximate surface area is 177 Å². The number of rotatable bonds is 7. The van der Waals surface area contributed by atoms with Gasteiger partial charge < -0.3 is 25.4 Å². The van der Waals surface area contributed by atoms with Crippen molar-refractivity contribution in [3.63, 3.8) is 0 Å². The molecule has 2 amide bonds. The molecule has 0 spiro atoms. The van der Waals surface area contributed by atoms with Crippen molar-refractivity contribution in [1.82, 2.24) is 4.90 Å². The number of carbonyl (C=O) groups excluding carboxylic acids is 2. The lowest BCUT2D eigenvalue weighted by molar-refractivity contribution is -0.131. The number of nitrogens with zero attached hydrogens (tertiary/aromatic N) is 1. The molecule has 0 unspecified atom stereocenters. The van der Waals surface area contributed by atoms with Crippen molar-refractivity contribution >= 4 is 17.5 Å². The Balaban J connectivity index is 0.00000155. The fourth-order valence-corrected chi connectivity index (χ4v) is 3.37. The third-order valence-electron chi connectivity index (χ3n) is 4.86. The highest BCUT2D eigenvalue weighted by Crippen LogP contribution is 2.32. The smallest absolute Gasteiger partial charge is 0.249 e. The Hall–Kier alpha value is -3.48. The van der Waals surface area contributed by atoms with Crippen molar-refractivity contribution in [3.05, 3.63) is 66.7 Å². The summed E-state index contributed by atoms with van der Waals surface area (Å²) in [5.41, 5.74) is 7.15. The largest absolute Gasteiger partial charge is 0.493 e. The predicted octanol–water partition coefficient (Wildman–Crippen LogP) is 3.38. The molecule has 30 heavy (non-hydrogen) atoms. The number of likely N-dealkylation sites (tertiary alicyclic amines) is 1. The summed E-state index contributed by atoms with van der Waals surface area (Å²) in [7, 11) is 3.13. The van der Waals surface area contributed by atoms with Gasteiger partial charge in [0.25, 0.3) is 0 Å². The summed E-state index contributed by atoms with van der Waals surface area (Å²) >= 11 is 0. The molecule has 2 aromatic rings. The Bertz CT molecular complexity index is 879. The highest BCUT2D eigenvalue weighted by molar-refractivity contribution is 5.94. The van der Waals surface area contributed by atoms with Crippen LogP contribution in [0.4, 0.5) is 5.69 Å². The maximum absolute atomic E-state index is 13.2. The molecule has 1 heterocycles. The number of carbonyl (C=O) groups is 2. The van der Waals surface area contributed by atoms with E-state index in [1.54, 1.807) is 50.6 Å². The number of benzene rings is 2. The summed E-state index contributed by atoms with van der Waals surface area (Å²) in [4.78, 5) is 26.6. The number of ether oxygens (including phenoxy) is 2. The minimum Gasteiger partial charge on any atom is -0.493 e. The van der Waals surface area contributed by atoms with Gasteiger partial charge in [-0.15, -0.1) is 13.2 Å². The normalized spacial score (nSPS) is 13.6. The third kappa shape index (κ3) is 5.31. The molecule has 0 bridgehead atoms. The quantitative estimate of drug-likeness (QED) is 0.681. The van der Waals surface area contributed by atoms with E-state index in [1.165, 1.54) is 0 Å². The molecule has 0 aromatic heterocycles. The molecular weight excluding hydrogens is 382 g/mol. The van der Waals surface area contributed by atoms with Crippen LogP contribution in [-0.2, 0) is 4.79 Å². The number of amides is 2. The van der Waals surface area contributed by atoms with Gasteiger partial charge in [0.2, 0.25) is 11.8 Å². The van der Waals surface area contributed by atoms with Crippen molar-refractivity contribution in [2.45, 2.75) is 18.9 Å². The SMILES string of the molecule is C=C.COc1ccc([C@H](Nc2cccc(C(N)=O)c2)C(=O)N2CCCC2)cc1OC. The first-order chi connectivity index (χ1) is 14.5. The van der Waals surface area contributed by atoms with Crippen LogP contribution in [0.5, 0.6) is 11.5 Å². The van der Waals surface area contributed by atoms with Crippen LogP contribution in [0.3, 0.4) is 0 Å². The first-order valence-corrected chi connectivity index (χ1v) is 9.70.